The number of aliphatic imine (C=N–C) groups is 2. The molecule has 2 heterocycles. The van der Waals surface area contributed by atoms with Gasteiger partial charge in [0.25, 0.3) is 0 Å². The van der Waals surface area contributed by atoms with E-state index >= 15 is 0 Å². The van der Waals surface area contributed by atoms with Crippen LogP contribution in [-0.2, 0) is 0 Å². The number of nitrogens with two attached hydrogens (primary N) is 2. The first-order valence-electron chi connectivity index (χ1n) is 6.27. The standard InChI is InChI=1S/C14H11ClN6S/c15-11-6-5-8(7-18-11)12(16)20-13(17)21-14-19-9-3-1-2-4-10(9)22-14/h1-7H,(H4,16,17,19,20,21). The molecule has 0 spiro atoms. The molecule has 0 saturated heterocycles. The van der Waals surface area contributed by atoms with Crippen molar-refractivity contribution in [1.82, 2.24) is 9.97 Å². The van der Waals surface area contributed by atoms with Crippen molar-refractivity contribution in [2.45, 2.75) is 0 Å². The first-order chi connectivity index (χ1) is 10.6. The molecule has 0 fully saturated rings. The number of hydrogen-bond donors (Lipinski definition) is 2. The lowest BCUT2D eigenvalue weighted by molar-refractivity contribution is 1.30. The molecule has 1 aromatic carbocycles. The largest absolute Gasteiger partial charge is 0.383 e. The van der Waals surface area contributed by atoms with E-state index < -0.39 is 0 Å². The lowest BCUT2D eigenvalue weighted by Gasteiger charge is -1.99. The second-order valence-electron chi connectivity index (χ2n) is 4.30. The molecular weight excluding hydrogens is 320 g/mol. The molecule has 0 saturated carbocycles. The predicted octanol–water partition coefficient (Wildman–Crippen LogP) is 2.70. The molecule has 4 N–H and O–H groups in total. The van der Waals surface area contributed by atoms with E-state index in [-0.39, 0.29) is 11.8 Å². The van der Waals surface area contributed by atoms with Crippen molar-refractivity contribution in [2.24, 2.45) is 21.5 Å². The van der Waals surface area contributed by atoms with Gasteiger partial charge in [0, 0.05) is 11.8 Å². The Morgan fingerprint density at radius 2 is 1.95 bits per heavy atom. The molecule has 0 radical (unpaired) electrons. The monoisotopic (exact) mass is 330 g/mol. The minimum Gasteiger partial charge on any atom is -0.383 e. The van der Waals surface area contributed by atoms with Crippen LogP contribution < -0.4 is 11.5 Å². The summed E-state index contributed by atoms with van der Waals surface area (Å²) in [5.41, 5.74) is 13.2. The van der Waals surface area contributed by atoms with Crippen LogP contribution in [0.5, 0.6) is 0 Å². The van der Waals surface area contributed by atoms with E-state index in [0.717, 1.165) is 10.2 Å². The molecule has 6 nitrogen and oxygen atoms in total. The summed E-state index contributed by atoms with van der Waals surface area (Å²) in [7, 11) is 0. The maximum atomic E-state index is 5.86. The van der Waals surface area contributed by atoms with Gasteiger partial charge in [-0.1, -0.05) is 35.1 Å². The molecule has 3 rings (SSSR count). The van der Waals surface area contributed by atoms with Crippen molar-refractivity contribution >= 4 is 50.1 Å². The van der Waals surface area contributed by atoms with Gasteiger partial charge in [-0.15, -0.1) is 0 Å². The summed E-state index contributed by atoms with van der Waals surface area (Å²) in [5.74, 6) is 0.248. The van der Waals surface area contributed by atoms with E-state index in [1.807, 2.05) is 24.3 Å². The second-order valence-corrected chi connectivity index (χ2v) is 5.70. The van der Waals surface area contributed by atoms with Crippen LogP contribution in [0.25, 0.3) is 10.2 Å². The summed E-state index contributed by atoms with van der Waals surface area (Å²) in [6.45, 7) is 0. The molecular formula is C14H11ClN6S. The maximum absolute atomic E-state index is 5.86. The van der Waals surface area contributed by atoms with Gasteiger partial charge >= 0.3 is 0 Å². The van der Waals surface area contributed by atoms with Gasteiger partial charge in [-0.05, 0) is 24.3 Å². The fraction of sp³-hybridized carbons (Fsp3) is 0. The number of thiazole rings is 1. The number of fused-ring (bicyclic) bond motifs is 1. The molecule has 0 aliphatic rings. The Balaban J connectivity index is 1.87. The average Bonchev–Trinajstić information content (AvgIpc) is 2.89. The van der Waals surface area contributed by atoms with E-state index in [2.05, 4.69) is 20.0 Å². The minimum atomic E-state index is 0.0338. The molecule has 0 bridgehead atoms. The highest BCUT2D eigenvalue weighted by Crippen LogP contribution is 2.27. The Kier molecular flexibility index (Phi) is 3.99. The summed E-state index contributed by atoms with van der Waals surface area (Å²) in [5, 5.41) is 0.914. The molecule has 2 aromatic heterocycles. The van der Waals surface area contributed by atoms with E-state index in [0.29, 0.717) is 15.8 Å². The van der Waals surface area contributed by atoms with Crippen LogP contribution in [0, 0.1) is 0 Å². The zero-order valence-corrected chi connectivity index (χ0v) is 12.8. The van der Waals surface area contributed by atoms with E-state index in [1.165, 1.54) is 17.5 Å². The van der Waals surface area contributed by atoms with Crippen LogP contribution in [0.4, 0.5) is 5.13 Å². The van der Waals surface area contributed by atoms with Crippen molar-refractivity contribution in [1.29, 1.82) is 0 Å². The second kappa shape index (κ2) is 6.08. The van der Waals surface area contributed by atoms with Crippen LogP contribution in [0.2, 0.25) is 5.15 Å². The average molecular weight is 331 g/mol. The van der Waals surface area contributed by atoms with Gasteiger partial charge in [0.2, 0.25) is 11.1 Å². The Morgan fingerprint density at radius 3 is 2.68 bits per heavy atom. The first kappa shape index (κ1) is 14.4. The third-order valence-electron chi connectivity index (χ3n) is 2.75. The van der Waals surface area contributed by atoms with Gasteiger partial charge in [0.05, 0.1) is 10.2 Å². The Labute approximate surface area is 135 Å². The van der Waals surface area contributed by atoms with Crippen LogP contribution in [0.1, 0.15) is 5.56 Å². The summed E-state index contributed by atoms with van der Waals surface area (Å²) >= 11 is 7.15. The normalized spacial score (nSPS) is 12.8. The summed E-state index contributed by atoms with van der Waals surface area (Å²) in [6, 6.07) is 11.1. The Bertz CT molecular complexity index is 835. The van der Waals surface area contributed by atoms with Gasteiger partial charge in [0.15, 0.2) is 0 Å². The molecule has 8 heteroatoms. The van der Waals surface area contributed by atoms with Crippen molar-refractivity contribution in [2.75, 3.05) is 0 Å². The number of aromatic nitrogens is 2. The van der Waals surface area contributed by atoms with Gasteiger partial charge < -0.3 is 11.5 Å². The Morgan fingerprint density at radius 1 is 1.14 bits per heavy atom. The topological polar surface area (TPSA) is 103 Å². The van der Waals surface area contributed by atoms with Crippen molar-refractivity contribution in [3.8, 4) is 0 Å². The van der Waals surface area contributed by atoms with Crippen LogP contribution in [-0.4, -0.2) is 21.8 Å². The Hall–Kier alpha value is -2.51. The van der Waals surface area contributed by atoms with Crippen LogP contribution in [0.15, 0.2) is 52.6 Å². The third kappa shape index (κ3) is 3.21. The highest BCUT2D eigenvalue weighted by molar-refractivity contribution is 7.22. The lowest BCUT2D eigenvalue weighted by atomic mass is 10.3. The third-order valence-corrected chi connectivity index (χ3v) is 3.90. The summed E-state index contributed by atoms with van der Waals surface area (Å²) in [6.07, 6.45) is 1.52. The molecule has 0 aliphatic heterocycles. The lowest BCUT2D eigenvalue weighted by Crippen LogP contribution is -2.19. The van der Waals surface area contributed by atoms with E-state index in [1.54, 1.807) is 12.1 Å². The first-order valence-corrected chi connectivity index (χ1v) is 7.47. The smallest absolute Gasteiger partial charge is 0.224 e. The van der Waals surface area contributed by atoms with E-state index in [9.17, 15) is 0 Å². The number of halogens is 1. The highest BCUT2D eigenvalue weighted by Gasteiger charge is 2.04. The molecule has 3 aromatic rings. The SMILES string of the molecule is N/C(=N\C(N)=N\c1nc2ccccc2s1)c1ccc(Cl)nc1. The van der Waals surface area contributed by atoms with Crippen molar-refractivity contribution in [3.05, 3.63) is 53.3 Å². The molecule has 110 valence electrons. The molecule has 0 unspecified atom stereocenters. The molecule has 0 atom stereocenters. The van der Waals surface area contributed by atoms with Crippen LogP contribution in [0.3, 0.4) is 0 Å². The number of pyridine rings is 1. The molecule has 22 heavy (non-hydrogen) atoms. The minimum absolute atomic E-state index is 0.0338. The van der Waals surface area contributed by atoms with Crippen LogP contribution >= 0.6 is 22.9 Å². The number of benzene rings is 1. The van der Waals surface area contributed by atoms with Crippen molar-refractivity contribution < 1.29 is 0 Å². The van der Waals surface area contributed by atoms with E-state index in [4.69, 9.17) is 23.1 Å². The maximum Gasteiger partial charge on any atom is 0.224 e. The zero-order valence-electron chi connectivity index (χ0n) is 11.3. The van der Waals surface area contributed by atoms with Gasteiger partial charge in [-0.25, -0.2) is 9.97 Å². The van der Waals surface area contributed by atoms with Gasteiger partial charge in [-0.3, -0.25) is 0 Å². The fourth-order valence-electron chi connectivity index (χ4n) is 1.75. The number of nitrogens with zero attached hydrogens (tertiary/aromatic N) is 4. The van der Waals surface area contributed by atoms with Gasteiger partial charge in [0.1, 0.15) is 11.0 Å². The quantitative estimate of drug-likeness (QED) is 0.428. The summed E-state index contributed by atoms with van der Waals surface area (Å²) in [4.78, 5) is 16.5. The van der Waals surface area contributed by atoms with Gasteiger partial charge in [-0.2, -0.15) is 9.98 Å². The number of amidine groups is 1. The summed E-state index contributed by atoms with van der Waals surface area (Å²) < 4.78 is 1.04. The number of guanidine groups is 1. The predicted molar refractivity (Wildman–Crippen MR) is 90.9 cm³/mol. The molecule has 0 aliphatic carbocycles. The number of para-hydroxylation sites is 1. The highest BCUT2D eigenvalue weighted by atomic mass is 35.5. The number of hydrogen-bond acceptors (Lipinski definition) is 4. The fourth-order valence-corrected chi connectivity index (χ4v) is 2.70. The zero-order chi connectivity index (χ0) is 15.5. The van der Waals surface area contributed by atoms with Crippen molar-refractivity contribution in [3.63, 3.8) is 0 Å². The molecule has 0 amide bonds. The number of rotatable bonds is 2.